The summed E-state index contributed by atoms with van der Waals surface area (Å²) in [5.74, 6) is 0.657. The first-order valence-electron chi connectivity index (χ1n) is 14.8. The minimum atomic E-state index is 0.657. The van der Waals surface area contributed by atoms with Crippen molar-refractivity contribution in [3.8, 4) is 39.6 Å². The van der Waals surface area contributed by atoms with E-state index in [9.17, 15) is 0 Å². The maximum atomic E-state index is 5.16. The quantitative estimate of drug-likeness (QED) is 0.232. The van der Waals surface area contributed by atoms with Gasteiger partial charge in [0.05, 0.1) is 22.4 Å². The number of aromatic amines is 1. The fourth-order valence-electron chi connectivity index (χ4n) is 6.44. The van der Waals surface area contributed by atoms with Crippen molar-refractivity contribution in [3.05, 3.63) is 152 Å². The van der Waals surface area contributed by atoms with Gasteiger partial charge in [0, 0.05) is 43.7 Å². The van der Waals surface area contributed by atoms with Crippen molar-refractivity contribution in [2.45, 2.75) is 0 Å². The van der Waals surface area contributed by atoms with Gasteiger partial charge < -0.3 is 4.98 Å². The maximum absolute atomic E-state index is 5.16. The van der Waals surface area contributed by atoms with Crippen LogP contribution in [0.2, 0.25) is 0 Å². The molecule has 4 heteroatoms. The lowest BCUT2D eigenvalue weighted by Gasteiger charge is -2.12. The van der Waals surface area contributed by atoms with Crippen LogP contribution in [0.4, 0.5) is 0 Å². The third kappa shape index (κ3) is 3.92. The first-order chi connectivity index (χ1) is 21.8. The normalized spacial score (nSPS) is 11.6. The second kappa shape index (κ2) is 9.79. The molecule has 0 amide bonds. The van der Waals surface area contributed by atoms with E-state index in [0.717, 1.165) is 44.6 Å². The van der Waals surface area contributed by atoms with E-state index in [4.69, 9.17) is 9.97 Å². The van der Waals surface area contributed by atoms with Gasteiger partial charge in [-0.3, -0.25) is 4.57 Å². The average molecular weight is 563 g/mol. The van der Waals surface area contributed by atoms with E-state index >= 15 is 0 Å². The molecular formula is C40H26N4. The summed E-state index contributed by atoms with van der Waals surface area (Å²) in [7, 11) is 0. The average Bonchev–Trinajstić information content (AvgIpc) is 3.64. The van der Waals surface area contributed by atoms with Gasteiger partial charge in [0.1, 0.15) is 0 Å². The first-order valence-corrected chi connectivity index (χ1v) is 14.8. The minimum Gasteiger partial charge on any atom is -0.355 e. The summed E-state index contributed by atoms with van der Waals surface area (Å²) in [4.78, 5) is 13.9. The molecule has 0 aliphatic rings. The van der Waals surface area contributed by atoms with E-state index in [2.05, 4.69) is 149 Å². The van der Waals surface area contributed by atoms with Gasteiger partial charge in [-0.25, -0.2) is 9.97 Å². The largest absolute Gasteiger partial charge is 0.355 e. The number of aromatic nitrogens is 4. The highest BCUT2D eigenvalue weighted by atomic mass is 15.2. The number of hydrogen-bond donors (Lipinski definition) is 1. The van der Waals surface area contributed by atoms with Crippen molar-refractivity contribution in [2.24, 2.45) is 0 Å². The van der Waals surface area contributed by atoms with Crippen LogP contribution in [0.3, 0.4) is 0 Å². The number of H-pyrrole nitrogens is 1. The van der Waals surface area contributed by atoms with Crippen LogP contribution in [-0.4, -0.2) is 19.5 Å². The number of nitrogens with zero attached hydrogens (tertiary/aromatic N) is 3. The highest BCUT2D eigenvalue weighted by Gasteiger charge is 2.17. The van der Waals surface area contributed by atoms with Crippen molar-refractivity contribution in [3.63, 3.8) is 0 Å². The molecule has 0 saturated heterocycles. The molecule has 0 unspecified atom stereocenters. The Morgan fingerprint density at radius 3 is 1.66 bits per heavy atom. The molecule has 4 nitrogen and oxygen atoms in total. The first kappa shape index (κ1) is 24.6. The lowest BCUT2D eigenvalue weighted by atomic mass is 10.0. The predicted octanol–water partition coefficient (Wildman–Crippen LogP) is 10.2. The molecule has 3 heterocycles. The van der Waals surface area contributed by atoms with Crippen LogP contribution in [0.15, 0.2) is 152 Å². The molecule has 0 fully saturated rings. The Labute approximate surface area is 253 Å². The molecule has 0 saturated carbocycles. The monoisotopic (exact) mass is 562 g/mol. The van der Waals surface area contributed by atoms with Crippen LogP contribution >= 0.6 is 0 Å². The summed E-state index contributed by atoms with van der Waals surface area (Å²) in [6.45, 7) is 0. The van der Waals surface area contributed by atoms with Crippen LogP contribution in [0.5, 0.6) is 0 Å². The number of nitrogens with one attached hydrogen (secondary N) is 1. The second-order valence-electron chi connectivity index (χ2n) is 11.2. The lowest BCUT2D eigenvalue weighted by molar-refractivity contribution is 0.995. The fourth-order valence-corrected chi connectivity index (χ4v) is 6.44. The maximum Gasteiger partial charge on any atom is 0.235 e. The second-order valence-corrected chi connectivity index (χ2v) is 11.2. The zero-order valence-electron chi connectivity index (χ0n) is 23.8. The molecule has 9 aromatic rings. The van der Waals surface area contributed by atoms with Gasteiger partial charge in [0.25, 0.3) is 0 Å². The lowest BCUT2D eigenvalue weighted by Crippen LogP contribution is -2.03. The van der Waals surface area contributed by atoms with Gasteiger partial charge in [-0.2, -0.15) is 0 Å². The molecule has 9 rings (SSSR count). The van der Waals surface area contributed by atoms with E-state index < -0.39 is 0 Å². The topological polar surface area (TPSA) is 46.5 Å². The van der Waals surface area contributed by atoms with Crippen LogP contribution in [-0.2, 0) is 0 Å². The summed E-state index contributed by atoms with van der Waals surface area (Å²) in [5.41, 5.74) is 10.7. The van der Waals surface area contributed by atoms with Crippen LogP contribution in [0.25, 0.3) is 83.2 Å². The van der Waals surface area contributed by atoms with Gasteiger partial charge in [-0.1, -0.05) is 109 Å². The Hall–Kier alpha value is -6.00. The van der Waals surface area contributed by atoms with Crippen molar-refractivity contribution in [1.82, 2.24) is 19.5 Å². The van der Waals surface area contributed by atoms with Crippen LogP contribution < -0.4 is 0 Å². The third-order valence-corrected chi connectivity index (χ3v) is 8.57. The Morgan fingerprint density at radius 1 is 0.386 bits per heavy atom. The zero-order chi connectivity index (χ0) is 29.0. The SMILES string of the molecule is c1ccc(-c2cc(-c3ccccc3)nc(-n3c4ccccc4c4cc(-c5ccc6[nH]c7ccccc7c6c5)ccc43)n2)cc1. The van der Waals surface area contributed by atoms with Crippen LogP contribution in [0.1, 0.15) is 0 Å². The fraction of sp³-hybridized carbons (Fsp3) is 0. The van der Waals surface area contributed by atoms with Crippen molar-refractivity contribution in [1.29, 1.82) is 0 Å². The Kier molecular flexibility index (Phi) is 5.47. The number of benzene rings is 6. The van der Waals surface area contributed by atoms with E-state index in [1.54, 1.807) is 0 Å². The minimum absolute atomic E-state index is 0.657. The van der Waals surface area contributed by atoms with Gasteiger partial charge in [-0.05, 0) is 53.6 Å². The van der Waals surface area contributed by atoms with Crippen molar-refractivity contribution < 1.29 is 0 Å². The Balaban J connectivity index is 1.27. The Bertz CT molecular complexity index is 2430. The summed E-state index contributed by atoms with van der Waals surface area (Å²) >= 11 is 0. The highest BCUT2D eigenvalue weighted by molar-refractivity contribution is 6.11. The number of hydrogen-bond acceptors (Lipinski definition) is 2. The van der Waals surface area contributed by atoms with E-state index in [-0.39, 0.29) is 0 Å². The summed E-state index contributed by atoms with van der Waals surface area (Å²) in [6.07, 6.45) is 0. The molecule has 0 aliphatic carbocycles. The number of rotatable bonds is 4. The number of para-hydroxylation sites is 2. The number of fused-ring (bicyclic) bond motifs is 6. The van der Waals surface area contributed by atoms with Gasteiger partial charge in [0.15, 0.2) is 0 Å². The van der Waals surface area contributed by atoms with Crippen molar-refractivity contribution >= 4 is 43.6 Å². The smallest absolute Gasteiger partial charge is 0.235 e. The molecule has 0 aliphatic heterocycles. The molecule has 0 atom stereocenters. The molecule has 6 aromatic carbocycles. The summed E-state index contributed by atoms with van der Waals surface area (Å²) in [5, 5.41) is 4.83. The van der Waals surface area contributed by atoms with Gasteiger partial charge in [-0.15, -0.1) is 0 Å². The van der Waals surface area contributed by atoms with Gasteiger partial charge >= 0.3 is 0 Å². The highest BCUT2D eigenvalue weighted by Crippen LogP contribution is 2.37. The molecule has 3 aromatic heterocycles. The summed E-state index contributed by atoms with van der Waals surface area (Å²) in [6, 6.07) is 53.2. The van der Waals surface area contributed by atoms with E-state index in [0.29, 0.717) is 5.95 Å². The Morgan fingerprint density at radius 2 is 0.932 bits per heavy atom. The van der Waals surface area contributed by atoms with Crippen molar-refractivity contribution in [2.75, 3.05) is 0 Å². The molecule has 0 radical (unpaired) electrons. The molecule has 1 N–H and O–H groups in total. The third-order valence-electron chi connectivity index (χ3n) is 8.57. The molecule has 44 heavy (non-hydrogen) atoms. The molecule has 0 spiro atoms. The van der Waals surface area contributed by atoms with Crippen LogP contribution in [0, 0.1) is 0 Å². The zero-order valence-corrected chi connectivity index (χ0v) is 23.8. The molecule has 206 valence electrons. The standard InChI is InChI=1S/C40H26N4/c1-3-11-26(12-4-1)36-25-37(27-13-5-2-6-14-27)43-40(42-36)44-38-18-10-8-16-31(38)33-24-29(20-22-39(33)44)28-19-21-35-32(23-28)30-15-7-9-17-34(30)41-35/h1-25,41H. The van der Waals surface area contributed by atoms with E-state index in [1.165, 1.54) is 32.7 Å². The molecular weight excluding hydrogens is 536 g/mol. The summed E-state index contributed by atoms with van der Waals surface area (Å²) < 4.78 is 2.20. The molecule has 0 bridgehead atoms. The van der Waals surface area contributed by atoms with Gasteiger partial charge in [0.2, 0.25) is 5.95 Å². The predicted molar refractivity (Wildman–Crippen MR) is 182 cm³/mol. The van der Waals surface area contributed by atoms with E-state index in [1.807, 2.05) is 12.1 Å².